The first-order valence-corrected chi connectivity index (χ1v) is 6.33. The molecule has 5 heteroatoms. The van der Waals surface area contributed by atoms with Crippen LogP contribution in [0.5, 0.6) is 0 Å². The van der Waals surface area contributed by atoms with Gasteiger partial charge in [-0.3, -0.25) is 9.59 Å². The topological polar surface area (TPSA) is 92.4 Å². The number of rotatable bonds is 4. The van der Waals surface area contributed by atoms with Crippen LogP contribution in [0.25, 0.3) is 0 Å². The highest BCUT2D eigenvalue weighted by atomic mass is 16.4. The van der Waals surface area contributed by atoms with Crippen molar-refractivity contribution in [1.29, 1.82) is 0 Å². The van der Waals surface area contributed by atoms with Crippen molar-refractivity contribution in [2.75, 3.05) is 6.54 Å². The van der Waals surface area contributed by atoms with Crippen molar-refractivity contribution in [1.82, 2.24) is 5.32 Å². The van der Waals surface area contributed by atoms with E-state index in [9.17, 15) is 9.59 Å². The molecule has 0 radical (unpaired) electrons. The fourth-order valence-electron chi connectivity index (χ4n) is 2.60. The zero-order valence-electron chi connectivity index (χ0n) is 9.95. The molecule has 2 aliphatic rings. The Kier molecular flexibility index (Phi) is 3.38. The van der Waals surface area contributed by atoms with Crippen LogP contribution in [0.3, 0.4) is 0 Å². The third-order valence-corrected chi connectivity index (χ3v) is 4.13. The number of nitrogens with two attached hydrogens (primary N) is 1. The van der Waals surface area contributed by atoms with Gasteiger partial charge in [0, 0.05) is 12.6 Å². The molecule has 1 amide bonds. The van der Waals surface area contributed by atoms with Gasteiger partial charge in [-0.05, 0) is 25.7 Å². The maximum atomic E-state index is 12.0. The number of hydrogen-bond acceptors (Lipinski definition) is 3. The molecule has 0 bridgehead atoms. The van der Waals surface area contributed by atoms with Crippen LogP contribution in [-0.4, -0.2) is 29.6 Å². The molecular formula is C12H20N2O3. The highest BCUT2D eigenvalue weighted by Crippen LogP contribution is 2.45. The lowest BCUT2D eigenvalue weighted by Crippen LogP contribution is -2.48. The molecule has 0 spiro atoms. The second-order valence-electron chi connectivity index (χ2n) is 5.29. The van der Waals surface area contributed by atoms with Crippen LogP contribution in [0, 0.1) is 11.3 Å². The highest BCUT2D eigenvalue weighted by molar-refractivity contribution is 5.86. The van der Waals surface area contributed by atoms with E-state index >= 15 is 0 Å². The fraction of sp³-hybridized carbons (Fsp3) is 0.833. The summed E-state index contributed by atoms with van der Waals surface area (Å²) in [7, 11) is 0. The molecule has 2 saturated carbocycles. The fourth-order valence-corrected chi connectivity index (χ4v) is 2.60. The Labute approximate surface area is 101 Å². The molecule has 0 aromatic carbocycles. The Bertz CT molecular complexity index is 326. The van der Waals surface area contributed by atoms with E-state index in [4.69, 9.17) is 10.8 Å². The van der Waals surface area contributed by atoms with Crippen LogP contribution in [0.15, 0.2) is 0 Å². The number of aliphatic carboxylic acids is 1. The number of nitrogens with one attached hydrogen (secondary N) is 1. The van der Waals surface area contributed by atoms with E-state index in [1.165, 1.54) is 0 Å². The number of amides is 1. The lowest BCUT2D eigenvalue weighted by Gasteiger charge is -2.30. The second-order valence-corrected chi connectivity index (χ2v) is 5.29. The minimum absolute atomic E-state index is 0.0434. The Hall–Kier alpha value is -1.10. The molecule has 2 atom stereocenters. The van der Waals surface area contributed by atoms with Crippen LogP contribution in [0.2, 0.25) is 0 Å². The Balaban J connectivity index is 1.96. The first kappa shape index (κ1) is 12.4. The van der Waals surface area contributed by atoms with E-state index in [0.717, 1.165) is 32.1 Å². The van der Waals surface area contributed by atoms with Gasteiger partial charge in [0.05, 0.1) is 11.3 Å². The molecule has 0 heterocycles. The zero-order chi connectivity index (χ0) is 12.5. The van der Waals surface area contributed by atoms with E-state index in [1.807, 2.05) is 0 Å². The number of carbonyl (C=O) groups excluding carboxylic acids is 1. The molecule has 0 aromatic heterocycles. The summed E-state index contributed by atoms with van der Waals surface area (Å²) in [5, 5.41) is 12.0. The summed E-state index contributed by atoms with van der Waals surface area (Å²) in [6.45, 7) is 0.364. The van der Waals surface area contributed by atoms with Gasteiger partial charge >= 0.3 is 5.97 Å². The minimum atomic E-state index is -0.799. The summed E-state index contributed by atoms with van der Waals surface area (Å²) in [6, 6.07) is -0.210. The largest absolute Gasteiger partial charge is 0.481 e. The van der Waals surface area contributed by atoms with Gasteiger partial charge < -0.3 is 16.2 Å². The molecule has 4 N–H and O–H groups in total. The lowest BCUT2D eigenvalue weighted by molar-refractivity contribution is -0.144. The van der Waals surface area contributed by atoms with Crippen LogP contribution in [-0.2, 0) is 9.59 Å². The first-order valence-electron chi connectivity index (χ1n) is 6.33. The van der Waals surface area contributed by atoms with E-state index in [2.05, 4.69) is 5.32 Å². The third kappa shape index (κ3) is 2.44. The summed E-state index contributed by atoms with van der Waals surface area (Å²) >= 11 is 0. The average Bonchev–Trinajstić information content (AvgIpc) is 3.10. The molecule has 2 fully saturated rings. The molecule has 96 valence electrons. The monoisotopic (exact) mass is 240 g/mol. The third-order valence-electron chi connectivity index (χ3n) is 4.13. The molecule has 0 saturated heterocycles. The normalized spacial score (nSPS) is 30.6. The molecular weight excluding hydrogens is 220 g/mol. The van der Waals surface area contributed by atoms with E-state index < -0.39 is 11.9 Å². The minimum Gasteiger partial charge on any atom is -0.481 e. The van der Waals surface area contributed by atoms with Crippen molar-refractivity contribution in [2.45, 2.75) is 44.6 Å². The Morgan fingerprint density at radius 1 is 1.29 bits per heavy atom. The predicted octanol–water partition coefficient (Wildman–Crippen LogP) is 0.485. The predicted molar refractivity (Wildman–Crippen MR) is 62.2 cm³/mol. The van der Waals surface area contributed by atoms with Crippen molar-refractivity contribution in [2.24, 2.45) is 17.1 Å². The van der Waals surface area contributed by atoms with Crippen molar-refractivity contribution in [3.63, 3.8) is 0 Å². The van der Waals surface area contributed by atoms with Crippen LogP contribution < -0.4 is 11.1 Å². The first-order chi connectivity index (χ1) is 8.09. The van der Waals surface area contributed by atoms with Gasteiger partial charge in [-0.25, -0.2) is 0 Å². The maximum Gasteiger partial charge on any atom is 0.308 e. The van der Waals surface area contributed by atoms with Gasteiger partial charge in [-0.1, -0.05) is 12.8 Å². The molecule has 5 nitrogen and oxygen atoms in total. The average molecular weight is 240 g/mol. The van der Waals surface area contributed by atoms with E-state index in [1.54, 1.807) is 0 Å². The van der Waals surface area contributed by atoms with Crippen LogP contribution >= 0.6 is 0 Å². The zero-order valence-corrected chi connectivity index (χ0v) is 9.95. The quantitative estimate of drug-likeness (QED) is 0.666. The molecule has 0 aromatic rings. The molecule has 0 aliphatic heterocycles. The summed E-state index contributed by atoms with van der Waals surface area (Å²) in [5.74, 6) is -1.27. The van der Waals surface area contributed by atoms with E-state index in [-0.39, 0.29) is 17.4 Å². The second kappa shape index (κ2) is 4.64. The molecule has 2 rings (SSSR count). The SMILES string of the molecule is NCC1(C(=O)NC2CCCCC2C(=O)O)CC1. The summed E-state index contributed by atoms with van der Waals surface area (Å²) in [4.78, 5) is 23.1. The Morgan fingerprint density at radius 3 is 2.47 bits per heavy atom. The van der Waals surface area contributed by atoms with Gasteiger partial charge in [0.25, 0.3) is 0 Å². The number of carboxylic acids is 1. The van der Waals surface area contributed by atoms with Crippen molar-refractivity contribution < 1.29 is 14.7 Å². The van der Waals surface area contributed by atoms with Crippen LogP contribution in [0.4, 0.5) is 0 Å². The number of hydrogen-bond donors (Lipinski definition) is 3. The van der Waals surface area contributed by atoms with Crippen molar-refractivity contribution >= 4 is 11.9 Å². The maximum absolute atomic E-state index is 12.0. The van der Waals surface area contributed by atoms with Crippen molar-refractivity contribution in [3.05, 3.63) is 0 Å². The standard InChI is InChI=1S/C12H20N2O3/c13-7-12(5-6-12)11(17)14-9-4-2-1-3-8(9)10(15)16/h8-9H,1-7,13H2,(H,14,17)(H,15,16). The van der Waals surface area contributed by atoms with Crippen LogP contribution in [0.1, 0.15) is 38.5 Å². The van der Waals surface area contributed by atoms with Gasteiger partial charge in [0.1, 0.15) is 0 Å². The molecule has 17 heavy (non-hydrogen) atoms. The lowest BCUT2D eigenvalue weighted by atomic mass is 9.84. The van der Waals surface area contributed by atoms with E-state index in [0.29, 0.717) is 13.0 Å². The Morgan fingerprint density at radius 2 is 1.94 bits per heavy atom. The summed E-state index contributed by atoms with van der Waals surface area (Å²) in [6.07, 6.45) is 5.02. The summed E-state index contributed by atoms with van der Waals surface area (Å²) in [5.41, 5.74) is 5.20. The van der Waals surface area contributed by atoms with Crippen molar-refractivity contribution in [3.8, 4) is 0 Å². The van der Waals surface area contributed by atoms with Gasteiger partial charge in [0.15, 0.2) is 0 Å². The number of carbonyl (C=O) groups is 2. The van der Waals surface area contributed by atoms with Gasteiger partial charge in [0.2, 0.25) is 5.91 Å². The summed E-state index contributed by atoms with van der Waals surface area (Å²) < 4.78 is 0. The highest BCUT2D eigenvalue weighted by Gasteiger charge is 2.49. The van der Waals surface area contributed by atoms with Gasteiger partial charge in [-0.2, -0.15) is 0 Å². The molecule has 2 aliphatic carbocycles. The molecule has 2 unspecified atom stereocenters. The van der Waals surface area contributed by atoms with Gasteiger partial charge in [-0.15, -0.1) is 0 Å². The number of carboxylic acid groups (broad SMARTS) is 1. The smallest absolute Gasteiger partial charge is 0.308 e.